The van der Waals surface area contributed by atoms with Gasteiger partial charge < -0.3 is 11.1 Å². The summed E-state index contributed by atoms with van der Waals surface area (Å²) in [4.78, 5) is 11.8. The van der Waals surface area contributed by atoms with E-state index in [1.165, 1.54) is 0 Å². The molecule has 0 bridgehead atoms. The molecule has 0 aliphatic heterocycles. The van der Waals surface area contributed by atoms with E-state index < -0.39 is 23.1 Å². The molecule has 3 N–H and O–H groups in total. The van der Waals surface area contributed by atoms with E-state index in [1.807, 2.05) is 6.92 Å². The minimum absolute atomic E-state index is 0.0697. The Labute approximate surface area is 99.0 Å². The van der Waals surface area contributed by atoms with Crippen LogP contribution in [0.4, 0.5) is 14.5 Å². The highest BCUT2D eigenvalue weighted by Crippen LogP contribution is 2.16. The predicted molar refractivity (Wildman–Crippen MR) is 62.5 cm³/mol. The molecule has 0 fully saturated rings. The molecule has 1 aromatic carbocycles. The zero-order chi connectivity index (χ0) is 13.1. The van der Waals surface area contributed by atoms with Gasteiger partial charge in [0, 0.05) is 11.8 Å². The van der Waals surface area contributed by atoms with Crippen molar-refractivity contribution >= 4 is 11.6 Å². The Kier molecular flexibility index (Phi) is 4.17. The molecule has 3 nitrogen and oxygen atoms in total. The molecule has 0 radical (unpaired) electrons. The van der Waals surface area contributed by atoms with Crippen LogP contribution in [0.15, 0.2) is 18.2 Å². The van der Waals surface area contributed by atoms with Gasteiger partial charge in [-0.1, -0.05) is 13.3 Å². The number of nitrogens with two attached hydrogens (primary N) is 1. The van der Waals surface area contributed by atoms with Crippen molar-refractivity contribution in [2.75, 3.05) is 5.32 Å². The second-order valence-corrected chi connectivity index (χ2v) is 4.28. The van der Waals surface area contributed by atoms with Gasteiger partial charge in [0.1, 0.15) is 11.6 Å². The zero-order valence-electron chi connectivity index (χ0n) is 9.89. The van der Waals surface area contributed by atoms with Crippen LogP contribution >= 0.6 is 0 Å². The monoisotopic (exact) mass is 242 g/mol. The zero-order valence-corrected chi connectivity index (χ0v) is 9.89. The van der Waals surface area contributed by atoms with Crippen LogP contribution in [-0.4, -0.2) is 11.4 Å². The summed E-state index contributed by atoms with van der Waals surface area (Å²) in [6.07, 6.45) is 1.24. The number of carbonyl (C=O) groups excluding carboxylic acids is 1. The summed E-state index contributed by atoms with van der Waals surface area (Å²) >= 11 is 0. The number of rotatable bonds is 4. The summed E-state index contributed by atoms with van der Waals surface area (Å²) in [5, 5.41) is 2.40. The van der Waals surface area contributed by atoms with Gasteiger partial charge in [0.2, 0.25) is 5.91 Å². The molecule has 1 amide bonds. The van der Waals surface area contributed by atoms with Crippen molar-refractivity contribution in [3.8, 4) is 0 Å². The van der Waals surface area contributed by atoms with Gasteiger partial charge in [-0.25, -0.2) is 8.78 Å². The van der Waals surface area contributed by atoms with Crippen LogP contribution in [0.1, 0.15) is 26.7 Å². The third-order valence-corrected chi connectivity index (χ3v) is 2.41. The second-order valence-electron chi connectivity index (χ2n) is 4.28. The van der Waals surface area contributed by atoms with Crippen molar-refractivity contribution in [3.63, 3.8) is 0 Å². The Hall–Kier alpha value is -1.49. The first-order valence-electron chi connectivity index (χ1n) is 5.41. The molecular formula is C12H16F2N2O. The second kappa shape index (κ2) is 5.23. The van der Waals surface area contributed by atoms with Gasteiger partial charge in [-0.3, -0.25) is 4.79 Å². The lowest BCUT2D eigenvalue weighted by atomic mass is 9.96. The van der Waals surface area contributed by atoms with Gasteiger partial charge in [0.15, 0.2) is 0 Å². The molecule has 0 spiro atoms. The maximum absolute atomic E-state index is 12.9. The SMILES string of the molecule is CCCC(C)(N)C(=O)Nc1cc(F)cc(F)c1. The largest absolute Gasteiger partial charge is 0.324 e. The Morgan fingerprint density at radius 3 is 2.35 bits per heavy atom. The third-order valence-electron chi connectivity index (χ3n) is 2.41. The Morgan fingerprint density at radius 1 is 1.35 bits per heavy atom. The lowest BCUT2D eigenvalue weighted by molar-refractivity contribution is -0.120. The lowest BCUT2D eigenvalue weighted by Gasteiger charge is -2.22. The average molecular weight is 242 g/mol. The number of hydrogen-bond acceptors (Lipinski definition) is 2. The fraction of sp³-hybridized carbons (Fsp3) is 0.417. The standard InChI is InChI=1S/C12H16F2N2O/c1-3-4-12(2,15)11(17)16-10-6-8(13)5-9(14)7-10/h5-7H,3-4,15H2,1-2H3,(H,16,17). The van der Waals surface area contributed by atoms with E-state index in [1.54, 1.807) is 6.92 Å². The molecule has 0 saturated carbocycles. The van der Waals surface area contributed by atoms with Gasteiger partial charge >= 0.3 is 0 Å². The van der Waals surface area contributed by atoms with Crippen LogP contribution in [0.3, 0.4) is 0 Å². The van der Waals surface area contributed by atoms with Crippen molar-refractivity contribution in [1.82, 2.24) is 0 Å². The average Bonchev–Trinajstić information content (AvgIpc) is 2.15. The van der Waals surface area contributed by atoms with Crippen molar-refractivity contribution in [2.24, 2.45) is 5.73 Å². The molecular weight excluding hydrogens is 226 g/mol. The van der Waals surface area contributed by atoms with Crippen molar-refractivity contribution in [2.45, 2.75) is 32.2 Å². The van der Waals surface area contributed by atoms with Crippen LogP contribution in [0.5, 0.6) is 0 Å². The highest BCUT2D eigenvalue weighted by molar-refractivity contribution is 5.97. The molecule has 5 heteroatoms. The summed E-state index contributed by atoms with van der Waals surface area (Å²) in [6.45, 7) is 3.49. The third kappa shape index (κ3) is 3.78. The van der Waals surface area contributed by atoms with Crippen LogP contribution in [-0.2, 0) is 4.79 Å². The number of halogens is 2. The van der Waals surface area contributed by atoms with Crippen LogP contribution < -0.4 is 11.1 Å². The molecule has 0 aliphatic carbocycles. The van der Waals surface area contributed by atoms with Gasteiger partial charge in [0.25, 0.3) is 0 Å². The van der Waals surface area contributed by atoms with Crippen molar-refractivity contribution in [1.29, 1.82) is 0 Å². The number of carbonyl (C=O) groups is 1. The van der Waals surface area contributed by atoms with Gasteiger partial charge in [0.05, 0.1) is 5.54 Å². The summed E-state index contributed by atoms with van der Waals surface area (Å²) in [5.41, 5.74) is 4.82. The fourth-order valence-corrected chi connectivity index (χ4v) is 1.53. The summed E-state index contributed by atoms with van der Waals surface area (Å²) in [5.74, 6) is -1.94. The summed E-state index contributed by atoms with van der Waals surface area (Å²) in [7, 11) is 0. The van der Waals surface area contributed by atoms with Gasteiger partial charge in [-0.2, -0.15) is 0 Å². The number of anilines is 1. The molecule has 17 heavy (non-hydrogen) atoms. The molecule has 1 atom stereocenters. The van der Waals surface area contributed by atoms with E-state index in [9.17, 15) is 13.6 Å². The molecule has 94 valence electrons. The maximum Gasteiger partial charge on any atom is 0.244 e. The van der Waals surface area contributed by atoms with Crippen LogP contribution in [0.25, 0.3) is 0 Å². The molecule has 1 aromatic rings. The summed E-state index contributed by atoms with van der Waals surface area (Å²) in [6, 6.07) is 2.83. The van der Waals surface area contributed by atoms with Crippen molar-refractivity contribution < 1.29 is 13.6 Å². The number of benzene rings is 1. The van der Waals surface area contributed by atoms with Gasteiger partial charge in [-0.15, -0.1) is 0 Å². The molecule has 0 heterocycles. The predicted octanol–water partition coefficient (Wildman–Crippen LogP) is 2.42. The highest BCUT2D eigenvalue weighted by Gasteiger charge is 2.27. The fourth-order valence-electron chi connectivity index (χ4n) is 1.53. The van der Waals surface area contributed by atoms with E-state index in [0.29, 0.717) is 6.42 Å². The van der Waals surface area contributed by atoms with E-state index in [0.717, 1.165) is 24.6 Å². The topological polar surface area (TPSA) is 55.1 Å². The normalized spacial score (nSPS) is 14.2. The smallest absolute Gasteiger partial charge is 0.244 e. The number of hydrogen-bond donors (Lipinski definition) is 2. The Morgan fingerprint density at radius 2 is 1.88 bits per heavy atom. The first kappa shape index (κ1) is 13.6. The minimum Gasteiger partial charge on any atom is -0.324 e. The number of amides is 1. The quantitative estimate of drug-likeness (QED) is 0.852. The molecule has 0 saturated heterocycles. The molecule has 0 aliphatic rings. The van der Waals surface area contributed by atoms with E-state index in [2.05, 4.69) is 5.32 Å². The van der Waals surface area contributed by atoms with E-state index in [-0.39, 0.29) is 5.69 Å². The first-order valence-corrected chi connectivity index (χ1v) is 5.41. The Balaban J connectivity index is 2.80. The lowest BCUT2D eigenvalue weighted by Crippen LogP contribution is -2.48. The van der Waals surface area contributed by atoms with E-state index >= 15 is 0 Å². The first-order chi connectivity index (χ1) is 7.85. The minimum atomic E-state index is -1.04. The highest BCUT2D eigenvalue weighted by atomic mass is 19.1. The van der Waals surface area contributed by atoms with Crippen LogP contribution in [0.2, 0.25) is 0 Å². The Bertz CT molecular complexity index is 399. The van der Waals surface area contributed by atoms with Gasteiger partial charge in [-0.05, 0) is 25.5 Å². The molecule has 1 rings (SSSR count). The number of nitrogens with one attached hydrogen (secondary N) is 1. The maximum atomic E-state index is 12.9. The molecule has 1 unspecified atom stereocenters. The van der Waals surface area contributed by atoms with Crippen LogP contribution in [0, 0.1) is 11.6 Å². The van der Waals surface area contributed by atoms with Crippen molar-refractivity contribution in [3.05, 3.63) is 29.8 Å². The summed E-state index contributed by atoms with van der Waals surface area (Å²) < 4.78 is 25.8. The molecule has 0 aromatic heterocycles. The van der Waals surface area contributed by atoms with E-state index in [4.69, 9.17) is 5.73 Å².